The first-order valence-corrected chi connectivity index (χ1v) is 8.51. The summed E-state index contributed by atoms with van der Waals surface area (Å²) in [6, 6.07) is 7.68. The zero-order valence-corrected chi connectivity index (χ0v) is 13.8. The number of fused-ring (bicyclic) bond motifs is 1. The van der Waals surface area contributed by atoms with Crippen molar-refractivity contribution in [2.45, 2.75) is 32.1 Å². The summed E-state index contributed by atoms with van der Waals surface area (Å²) in [5, 5.41) is 13.8. The highest BCUT2D eigenvalue weighted by Crippen LogP contribution is 2.29. The molecule has 1 amide bonds. The molecule has 2 heterocycles. The van der Waals surface area contributed by atoms with Crippen molar-refractivity contribution in [2.75, 3.05) is 13.1 Å². The zero-order valence-electron chi connectivity index (χ0n) is 13.8. The summed E-state index contributed by atoms with van der Waals surface area (Å²) in [7, 11) is 0. The summed E-state index contributed by atoms with van der Waals surface area (Å²) in [5.74, 6) is 0.442. The van der Waals surface area contributed by atoms with Crippen LogP contribution in [0.2, 0.25) is 0 Å². The number of ether oxygens (including phenoxy) is 1. The van der Waals surface area contributed by atoms with Crippen molar-refractivity contribution < 1.29 is 19.0 Å². The number of carbonyl (C=O) groups excluding carboxylic acids is 1. The van der Waals surface area contributed by atoms with Crippen molar-refractivity contribution in [3.8, 4) is 5.75 Å². The first-order valence-electron chi connectivity index (χ1n) is 8.51. The number of aliphatic hydroxyl groups is 1. The zero-order chi connectivity index (χ0) is 17.4. The summed E-state index contributed by atoms with van der Waals surface area (Å²) in [6.45, 7) is 2.16. The predicted octanol–water partition coefficient (Wildman–Crippen LogP) is 1.83. The van der Waals surface area contributed by atoms with E-state index in [4.69, 9.17) is 4.74 Å². The molecule has 1 aromatic heterocycles. The third-order valence-corrected chi connectivity index (χ3v) is 4.79. The Morgan fingerprint density at radius 3 is 2.88 bits per heavy atom. The maximum absolute atomic E-state index is 13.2. The van der Waals surface area contributed by atoms with Crippen LogP contribution in [0.25, 0.3) is 0 Å². The molecule has 1 N–H and O–H groups in total. The molecule has 0 saturated heterocycles. The number of hydrogen-bond acceptors (Lipinski definition) is 4. The number of aromatic nitrogens is 2. The molecule has 1 fully saturated rings. The molecule has 1 aliphatic heterocycles. The molecule has 25 heavy (non-hydrogen) atoms. The van der Waals surface area contributed by atoms with Crippen LogP contribution < -0.4 is 4.74 Å². The van der Waals surface area contributed by atoms with Gasteiger partial charge in [0.05, 0.1) is 12.6 Å². The fraction of sp³-hybridized carbons (Fsp3) is 0.444. The average molecular weight is 345 g/mol. The Balaban J connectivity index is 1.40. The number of halogens is 1. The van der Waals surface area contributed by atoms with E-state index in [9.17, 15) is 14.3 Å². The molecule has 7 heteroatoms. The van der Waals surface area contributed by atoms with Gasteiger partial charge in [0, 0.05) is 19.2 Å². The van der Waals surface area contributed by atoms with E-state index in [0.717, 1.165) is 12.8 Å². The lowest BCUT2D eigenvalue weighted by Crippen LogP contribution is -2.46. The maximum atomic E-state index is 13.2. The monoisotopic (exact) mass is 345 g/mol. The molecule has 6 nitrogen and oxygen atoms in total. The largest absolute Gasteiger partial charge is 0.487 e. The highest BCUT2D eigenvalue weighted by molar-refractivity contribution is 5.93. The van der Waals surface area contributed by atoms with E-state index in [0.29, 0.717) is 42.7 Å². The number of carbonyl (C=O) groups is 1. The summed E-state index contributed by atoms with van der Waals surface area (Å²) in [4.78, 5) is 14.5. The van der Waals surface area contributed by atoms with E-state index in [-0.39, 0.29) is 24.4 Å². The third kappa shape index (κ3) is 3.37. The first kappa shape index (κ1) is 16.1. The van der Waals surface area contributed by atoms with Crippen LogP contribution in [0, 0.1) is 11.7 Å². The minimum absolute atomic E-state index is 0.0304. The predicted molar refractivity (Wildman–Crippen MR) is 87.6 cm³/mol. The van der Waals surface area contributed by atoms with Gasteiger partial charge in [-0.15, -0.1) is 0 Å². The van der Waals surface area contributed by atoms with Gasteiger partial charge in [0.1, 0.15) is 29.6 Å². The molecular formula is C18H20FN3O3. The van der Waals surface area contributed by atoms with E-state index < -0.39 is 0 Å². The Bertz CT molecular complexity index is 786. The standard InChI is InChI=1S/C18H20FN3O3/c19-13-2-1-3-16(8-13)25-11-14-9-17-18(24)21(4-5-22(17)20-14)10-12-6-15(23)7-12/h1-3,8-9,12,15,23H,4-7,10-11H2. The van der Waals surface area contributed by atoms with Gasteiger partial charge in [-0.25, -0.2) is 4.39 Å². The fourth-order valence-corrected chi connectivity index (χ4v) is 3.41. The second-order valence-electron chi connectivity index (χ2n) is 6.73. The molecule has 0 radical (unpaired) electrons. The van der Waals surface area contributed by atoms with Crippen molar-refractivity contribution in [1.82, 2.24) is 14.7 Å². The van der Waals surface area contributed by atoms with Crippen molar-refractivity contribution >= 4 is 5.91 Å². The van der Waals surface area contributed by atoms with E-state index in [2.05, 4.69) is 5.10 Å². The molecule has 2 aromatic rings. The number of amides is 1. The van der Waals surface area contributed by atoms with Crippen LogP contribution in [0.1, 0.15) is 29.0 Å². The first-order chi connectivity index (χ1) is 12.1. The fourth-order valence-electron chi connectivity index (χ4n) is 3.41. The minimum Gasteiger partial charge on any atom is -0.487 e. The van der Waals surface area contributed by atoms with Crippen molar-refractivity contribution in [3.63, 3.8) is 0 Å². The summed E-state index contributed by atoms with van der Waals surface area (Å²) in [6.07, 6.45) is 1.34. The van der Waals surface area contributed by atoms with E-state index in [1.54, 1.807) is 22.9 Å². The smallest absolute Gasteiger partial charge is 0.272 e. The van der Waals surface area contributed by atoms with Gasteiger partial charge in [-0.05, 0) is 37.0 Å². The highest BCUT2D eigenvalue weighted by Gasteiger charge is 2.33. The van der Waals surface area contributed by atoms with Crippen LogP contribution in [0.3, 0.4) is 0 Å². The van der Waals surface area contributed by atoms with Gasteiger partial charge in [0.25, 0.3) is 5.91 Å². The Kier molecular flexibility index (Phi) is 4.17. The Labute approximate surface area is 144 Å². The van der Waals surface area contributed by atoms with E-state index >= 15 is 0 Å². The van der Waals surface area contributed by atoms with Gasteiger partial charge in [0.2, 0.25) is 0 Å². The van der Waals surface area contributed by atoms with E-state index in [1.807, 2.05) is 4.90 Å². The van der Waals surface area contributed by atoms with Crippen molar-refractivity contribution in [2.24, 2.45) is 5.92 Å². The van der Waals surface area contributed by atoms with E-state index in [1.165, 1.54) is 12.1 Å². The molecule has 0 bridgehead atoms. The normalized spacial score (nSPS) is 22.5. The second-order valence-corrected chi connectivity index (χ2v) is 6.73. The van der Waals surface area contributed by atoms with Crippen molar-refractivity contribution in [1.29, 1.82) is 0 Å². The summed E-state index contributed by atoms with van der Waals surface area (Å²) in [5.41, 5.74) is 1.21. The van der Waals surface area contributed by atoms with Gasteiger partial charge in [-0.1, -0.05) is 6.07 Å². The van der Waals surface area contributed by atoms with Crippen LogP contribution in [0.4, 0.5) is 4.39 Å². The maximum Gasteiger partial charge on any atom is 0.272 e. The molecule has 1 saturated carbocycles. The lowest BCUT2D eigenvalue weighted by Gasteiger charge is -2.37. The number of rotatable bonds is 5. The molecule has 132 valence electrons. The topological polar surface area (TPSA) is 67.6 Å². The van der Waals surface area contributed by atoms with Crippen LogP contribution >= 0.6 is 0 Å². The van der Waals surface area contributed by atoms with Crippen LogP contribution in [0.5, 0.6) is 5.75 Å². The van der Waals surface area contributed by atoms with Crippen molar-refractivity contribution in [3.05, 3.63) is 47.5 Å². The Morgan fingerprint density at radius 1 is 1.28 bits per heavy atom. The quantitative estimate of drug-likeness (QED) is 0.898. The second kappa shape index (κ2) is 6.48. The number of aliphatic hydroxyl groups excluding tert-OH is 1. The third-order valence-electron chi connectivity index (χ3n) is 4.79. The molecule has 1 aromatic carbocycles. The van der Waals surface area contributed by atoms with Gasteiger partial charge in [-0.2, -0.15) is 5.10 Å². The number of benzene rings is 1. The number of nitrogens with zero attached hydrogens (tertiary/aromatic N) is 3. The summed E-state index contributed by atoms with van der Waals surface area (Å²) < 4.78 is 20.4. The van der Waals surface area contributed by atoms with Gasteiger partial charge in [-0.3, -0.25) is 9.48 Å². The van der Waals surface area contributed by atoms with Gasteiger partial charge < -0.3 is 14.7 Å². The van der Waals surface area contributed by atoms with Crippen LogP contribution in [-0.2, 0) is 13.2 Å². The van der Waals surface area contributed by atoms with Gasteiger partial charge in [0.15, 0.2) is 0 Å². The van der Waals surface area contributed by atoms with Crippen LogP contribution in [-0.4, -0.2) is 44.9 Å². The molecule has 0 unspecified atom stereocenters. The van der Waals surface area contributed by atoms with Crippen LogP contribution in [0.15, 0.2) is 30.3 Å². The summed E-state index contributed by atoms with van der Waals surface area (Å²) >= 11 is 0. The molecular weight excluding hydrogens is 325 g/mol. The Hall–Kier alpha value is -2.41. The minimum atomic E-state index is -0.353. The lowest BCUT2D eigenvalue weighted by molar-refractivity contribution is 0.0199. The molecule has 1 aliphatic carbocycles. The lowest BCUT2D eigenvalue weighted by atomic mass is 9.82. The van der Waals surface area contributed by atoms with Gasteiger partial charge >= 0.3 is 0 Å². The molecule has 2 aliphatic rings. The highest BCUT2D eigenvalue weighted by atomic mass is 19.1. The SMILES string of the molecule is O=C1c2cc(COc3cccc(F)c3)nn2CCN1CC1CC(O)C1. The molecule has 0 atom stereocenters. The molecule has 4 rings (SSSR count). The average Bonchev–Trinajstić information content (AvgIpc) is 2.98. The number of hydrogen-bond donors (Lipinski definition) is 1. The Morgan fingerprint density at radius 2 is 2.12 bits per heavy atom. The molecule has 0 spiro atoms.